The molecule has 4 rings (SSSR count). The molecule has 8 heteroatoms. The summed E-state index contributed by atoms with van der Waals surface area (Å²) in [6.07, 6.45) is 0. The molecule has 0 unspecified atom stereocenters. The number of hydrogen-bond acceptors (Lipinski definition) is 7. The number of nitrogens with zero attached hydrogens (tertiary/aromatic N) is 2. The maximum atomic E-state index is 13.2. The number of ketones is 1. The van der Waals surface area contributed by atoms with Gasteiger partial charge in [0.15, 0.2) is 17.3 Å². The molecule has 1 N–H and O–H groups in total. The Hall–Kier alpha value is -3.81. The SMILES string of the molecule is COc1ccccc1[C@H]1C(C(=O)c2ccc(C)o2)=C(O)C(=O)N1c1cc(C)on1. The standard InChI is InChI=1S/C21H18N2O6/c1-11-8-9-15(28-11)19(24)17-18(13-6-4-5-7-14(13)27-3)23(21(26)20(17)25)16-10-12(2)29-22-16/h4-10,18,25H,1-3H3/t18-/m0/s1. The summed E-state index contributed by atoms with van der Waals surface area (Å²) < 4.78 is 16.0. The molecule has 1 amide bonds. The Labute approximate surface area is 166 Å². The molecule has 1 aliphatic heterocycles. The molecule has 0 bridgehead atoms. The highest BCUT2D eigenvalue weighted by Gasteiger charge is 2.47. The van der Waals surface area contributed by atoms with Gasteiger partial charge in [-0.2, -0.15) is 0 Å². The number of amides is 1. The van der Waals surface area contributed by atoms with E-state index >= 15 is 0 Å². The summed E-state index contributed by atoms with van der Waals surface area (Å²) in [6.45, 7) is 3.38. The Kier molecular flexibility index (Phi) is 4.46. The van der Waals surface area contributed by atoms with E-state index in [4.69, 9.17) is 13.7 Å². The lowest BCUT2D eigenvalue weighted by Gasteiger charge is -2.25. The molecule has 3 aromatic rings. The smallest absolute Gasteiger partial charge is 0.295 e. The van der Waals surface area contributed by atoms with Crippen molar-refractivity contribution in [2.24, 2.45) is 0 Å². The lowest BCUT2D eigenvalue weighted by atomic mass is 9.94. The van der Waals surface area contributed by atoms with Crippen LogP contribution in [0.1, 0.15) is 33.7 Å². The molecule has 1 atom stereocenters. The fourth-order valence-electron chi connectivity index (χ4n) is 3.42. The van der Waals surface area contributed by atoms with Gasteiger partial charge in [0.1, 0.15) is 23.3 Å². The first-order valence-electron chi connectivity index (χ1n) is 8.86. The van der Waals surface area contributed by atoms with Crippen LogP contribution in [0.15, 0.2) is 62.7 Å². The summed E-state index contributed by atoms with van der Waals surface area (Å²) in [6, 6.07) is 10.7. The molecule has 29 heavy (non-hydrogen) atoms. The van der Waals surface area contributed by atoms with E-state index in [1.54, 1.807) is 50.2 Å². The average molecular weight is 394 g/mol. The number of aliphatic hydroxyl groups excluding tert-OH is 1. The van der Waals surface area contributed by atoms with Crippen molar-refractivity contribution in [2.75, 3.05) is 12.0 Å². The summed E-state index contributed by atoms with van der Waals surface area (Å²) in [4.78, 5) is 27.4. The number of benzene rings is 1. The summed E-state index contributed by atoms with van der Waals surface area (Å²) >= 11 is 0. The Morgan fingerprint density at radius 3 is 2.55 bits per heavy atom. The van der Waals surface area contributed by atoms with Gasteiger partial charge in [-0.05, 0) is 32.0 Å². The third-order valence-electron chi connectivity index (χ3n) is 4.71. The molecule has 1 aromatic carbocycles. The molecule has 2 aromatic heterocycles. The number of methoxy groups -OCH3 is 1. The minimum absolute atomic E-state index is 0.0231. The first-order chi connectivity index (χ1) is 13.9. The van der Waals surface area contributed by atoms with E-state index in [-0.39, 0.29) is 17.2 Å². The zero-order chi connectivity index (χ0) is 20.7. The maximum Gasteiger partial charge on any atom is 0.295 e. The van der Waals surface area contributed by atoms with E-state index in [0.717, 1.165) is 0 Å². The van der Waals surface area contributed by atoms with Crippen molar-refractivity contribution in [1.29, 1.82) is 0 Å². The first-order valence-corrected chi connectivity index (χ1v) is 8.86. The van der Waals surface area contributed by atoms with Crippen LogP contribution >= 0.6 is 0 Å². The number of rotatable bonds is 5. The van der Waals surface area contributed by atoms with E-state index in [0.29, 0.717) is 22.8 Å². The second-order valence-electron chi connectivity index (χ2n) is 6.62. The van der Waals surface area contributed by atoms with Crippen molar-refractivity contribution < 1.29 is 28.4 Å². The van der Waals surface area contributed by atoms with Crippen LogP contribution in [-0.2, 0) is 4.79 Å². The Morgan fingerprint density at radius 2 is 1.93 bits per heavy atom. The quantitative estimate of drug-likeness (QED) is 0.658. The van der Waals surface area contributed by atoms with Crippen LogP contribution in [0.3, 0.4) is 0 Å². The van der Waals surface area contributed by atoms with Crippen LogP contribution in [0.5, 0.6) is 5.75 Å². The van der Waals surface area contributed by atoms with Gasteiger partial charge in [-0.1, -0.05) is 23.4 Å². The van der Waals surface area contributed by atoms with Crippen molar-refractivity contribution in [1.82, 2.24) is 5.16 Å². The normalized spacial score (nSPS) is 16.6. The molecule has 0 saturated carbocycles. The fraction of sp³-hybridized carbons (Fsp3) is 0.190. The highest BCUT2D eigenvalue weighted by molar-refractivity contribution is 6.20. The van der Waals surface area contributed by atoms with Gasteiger partial charge in [0.05, 0.1) is 12.7 Å². The van der Waals surface area contributed by atoms with Crippen LogP contribution in [0.2, 0.25) is 0 Å². The van der Waals surface area contributed by atoms with E-state index < -0.39 is 23.5 Å². The van der Waals surface area contributed by atoms with E-state index in [9.17, 15) is 14.7 Å². The lowest BCUT2D eigenvalue weighted by molar-refractivity contribution is -0.117. The van der Waals surface area contributed by atoms with Gasteiger partial charge in [-0.3, -0.25) is 14.5 Å². The first kappa shape index (κ1) is 18.5. The van der Waals surface area contributed by atoms with Crippen molar-refractivity contribution >= 4 is 17.5 Å². The van der Waals surface area contributed by atoms with Crippen LogP contribution in [-0.4, -0.2) is 29.1 Å². The number of aryl methyl sites for hydroxylation is 2. The van der Waals surface area contributed by atoms with Crippen LogP contribution in [0.4, 0.5) is 5.82 Å². The van der Waals surface area contributed by atoms with Gasteiger partial charge in [0.25, 0.3) is 5.91 Å². The lowest BCUT2D eigenvalue weighted by Crippen LogP contribution is -2.31. The number of hydrogen-bond donors (Lipinski definition) is 1. The minimum Gasteiger partial charge on any atom is -0.503 e. The van der Waals surface area contributed by atoms with Gasteiger partial charge < -0.3 is 18.8 Å². The van der Waals surface area contributed by atoms with Crippen molar-refractivity contribution in [3.05, 3.63) is 76.6 Å². The molecule has 148 valence electrons. The number of carbonyl (C=O) groups excluding carboxylic acids is 2. The third kappa shape index (κ3) is 2.98. The monoisotopic (exact) mass is 394 g/mol. The van der Waals surface area contributed by atoms with E-state index in [1.165, 1.54) is 18.1 Å². The number of Topliss-reactive ketones (excluding diaryl/α,β-unsaturated/α-hetero) is 1. The number of aromatic nitrogens is 1. The summed E-state index contributed by atoms with van der Waals surface area (Å²) in [5.74, 6) is -0.360. The van der Waals surface area contributed by atoms with Crippen LogP contribution in [0, 0.1) is 13.8 Å². The predicted molar refractivity (Wildman–Crippen MR) is 102 cm³/mol. The number of aliphatic hydroxyl groups is 1. The molecule has 0 aliphatic carbocycles. The van der Waals surface area contributed by atoms with Gasteiger partial charge in [0, 0.05) is 11.6 Å². The molecular weight excluding hydrogens is 376 g/mol. The largest absolute Gasteiger partial charge is 0.503 e. The van der Waals surface area contributed by atoms with Gasteiger partial charge in [-0.15, -0.1) is 0 Å². The minimum atomic E-state index is -0.971. The van der Waals surface area contributed by atoms with E-state index in [2.05, 4.69) is 5.16 Å². The number of ether oxygens (including phenoxy) is 1. The Balaban J connectivity index is 1.91. The number of furan rings is 1. The number of carbonyl (C=O) groups is 2. The highest BCUT2D eigenvalue weighted by Crippen LogP contribution is 2.44. The highest BCUT2D eigenvalue weighted by atomic mass is 16.5. The molecule has 8 nitrogen and oxygen atoms in total. The molecule has 0 radical (unpaired) electrons. The predicted octanol–water partition coefficient (Wildman–Crippen LogP) is 3.68. The van der Waals surface area contributed by atoms with Crippen LogP contribution < -0.4 is 9.64 Å². The summed E-state index contributed by atoms with van der Waals surface area (Å²) in [7, 11) is 1.49. The van der Waals surface area contributed by atoms with Gasteiger partial charge in [-0.25, -0.2) is 0 Å². The molecule has 0 spiro atoms. The van der Waals surface area contributed by atoms with Crippen LogP contribution in [0.25, 0.3) is 0 Å². The maximum absolute atomic E-state index is 13.2. The Bertz CT molecular complexity index is 1140. The average Bonchev–Trinajstić information content (AvgIpc) is 3.40. The molecule has 3 heterocycles. The van der Waals surface area contributed by atoms with E-state index in [1.807, 2.05) is 0 Å². The van der Waals surface area contributed by atoms with Gasteiger partial charge >= 0.3 is 0 Å². The molecule has 1 aliphatic rings. The second-order valence-corrected chi connectivity index (χ2v) is 6.62. The number of para-hydroxylation sites is 1. The second kappa shape index (κ2) is 6.97. The van der Waals surface area contributed by atoms with Gasteiger partial charge in [0.2, 0.25) is 5.78 Å². The zero-order valence-electron chi connectivity index (χ0n) is 16.0. The topological polar surface area (TPSA) is 106 Å². The summed E-state index contributed by atoms with van der Waals surface area (Å²) in [5.41, 5.74) is 0.397. The molecule has 0 fully saturated rings. The zero-order valence-corrected chi connectivity index (χ0v) is 16.0. The van der Waals surface area contributed by atoms with Crippen molar-refractivity contribution in [3.8, 4) is 5.75 Å². The molecule has 0 saturated heterocycles. The van der Waals surface area contributed by atoms with Crippen molar-refractivity contribution in [2.45, 2.75) is 19.9 Å². The Morgan fingerprint density at radius 1 is 1.17 bits per heavy atom. The number of anilines is 1. The molecular formula is C21H18N2O6. The summed E-state index contributed by atoms with van der Waals surface area (Å²) in [5, 5.41) is 14.6. The van der Waals surface area contributed by atoms with Crippen molar-refractivity contribution in [3.63, 3.8) is 0 Å². The fourth-order valence-corrected chi connectivity index (χ4v) is 3.42. The third-order valence-corrected chi connectivity index (χ3v) is 4.71.